The maximum atomic E-state index is 12.0. The minimum Gasteiger partial charge on any atom is -0.362 e. The van der Waals surface area contributed by atoms with Gasteiger partial charge >= 0.3 is 0 Å². The second-order valence-corrected chi connectivity index (χ2v) is 7.36. The molecule has 2 aromatic heterocycles. The molecule has 0 aliphatic heterocycles. The number of amides is 1. The summed E-state index contributed by atoms with van der Waals surface area (Å²) in [5.41, 5.74) is 4.84. The van der Waals surface area contributed by atoms with E-state index in [1.807, 2.05) is 5.38 Å². The zero-order valence-electron chi connectivity index (χ0n) is 15.0. The number of ether oxygens (including phenoxy) is 1. The maximum Gasteiger partial charge on any atom is 0.252 e. The topological polar surface area (TPSA) is 90.1 Å². The zero-order valence-corrected chi connectivity index (χ0v) is 15.8. The van der Waals surface area contributed by atoms with Gasteiger partial charge in [-0.3, -0.25) is 10.1 Å². The number of rotatable bonds is 6. The van der Waals surface area contributed by atoms with E-state index >= 15 is 0 Å². The highest BCUT2D eigenvalue weighted by Crippen LogP contribution is 2.29. The Morgan fingerprint density at radius 1 is 1.26 bits per heavy atom. The van der Waals surface area contributed by atoms with E-state index in [0.717, 1.165) is 24.1 Å². The number of carbonyl (C=O) groups is 1. The fourth-order valence-corrected chi connectivity index (χ4v) is 3.88. The third-order valence-electron chi connectivity index (χ3n) is 4.42. The van der Waals surface area contributed by atoms with Gasteiger partial charge < -0.3 is 9.26 Å². The highest BCUT2D eigenvalue weighted by atomic mass is 32.1. The van der Waals surface area contributed by atoms with Crippen molar-refractivity contribution in [3.63, 3.8) is 0 Å². The van der Waals surface area contributed by atoms with Crippen LogP contribution in [0.15, 0.2) is 28.1 Å². The van der Waals surface area contributed by atoms with Crippen molar-refractivity contribution >= 4 is 22.4 Å². The van der Waals surface area contributed by atoms with E-state index in [2.05, 4.69) is 38.6 Å². The van der Waals surface area contributed by atoms with Gasteiger partial charge in [-0.2, -0.15) is 4.98 Å². The van der Waals surface area contributed by atoms with Gasteiger partial charge in [0.25, 0.3) is 11.8 Å². The summed E-state index contributed by atoms with van der Waals surface area (Å²) >= 11 is 1.40. The minimum absolute atomic E-state index is 0.102. The number of fused-ring (bicyclic) bond motifs is 1. The summed E-state index contributed by atoms with van der Waals surface area (Å²) in [4.78, 5) is 20.6. The highest BCUT2D eigenvalue weighted by molar-refractivity contribution is 7.14. The lowest BCUT2D eigenvalue weighted by molar-refractivity contribution is -0.121. The van der Waals surface area contributed by atoms with Gasteiger partial charge in [-0.15, -0.1) is 11.3 Å². The summed E-state index contributed by atoms with van der Waals surface area (Å²) in [5, 5.41) is 8.95. The molecule has 0 fully saturated rings. The summed E-state index contributed by atoms with van der Waals surface area (Å²) < 4.78 is 10.2. The molecule has 1 aliphatic carbocycles. The number of nitrogens with zero attached hydrogens (tertiary/aromatic N) is 3. The normalized spacial score (nSPS) is 13.4. The molecule has 0 saturated carbocycles. The molecule has 8 heteroatoms. The van der Waals surface area contributed by atoms with Crippen molar-refractivity contribution in [1.82, 2.24) is 15.1 Å². The number of aromatic nitrogens is 3. The van der Waals surface area contributed by atoms with E-state index in [-0.39, 0.29) is 19.1 Å². The van der Waals surface area contributed by atoms with Crippen molar-refractivity contribution in [2.24, 2.45) is 0 Å². The number of hydrogen-bond donors (Lipinski definition) is 1. The smallest absolute Gasteiger partial charge is 0.252 e. The van der Waals surface area contributed by atoms with Crippen LogP contribution in [0.25, 0.3) is 11.3 Å². The Hall–Kier alpha value is -2.58. The van der Waals surface area contributed by atoms with Crippen LogP contribution >= 0.6 is 11.3 Å². The first kappa shape index (κ1) is 17.8. The minimum atomic E-state index is -0.266. The molecule has 0 unspecified atom stereocenters. The molecular weight excluding hydrogens is 364 g/mol. The summed E-state index contributed by atoms with van der Waals surface area (Å²) in [6.07, 6.45) is 4.82. The van der Waals surface area contributed by atoms with Crippen LogP contribution in [0.3, 0.4) is 0 Å². The van der Waals surface area contributed by atoms with Crippen LogP contribution < -0.4 is 5.32 Å². The molecule has 0 atom stereocenters. The maximum absolute atomic E-state index is 12.0. The van der Waals surface area contributed by atoms with Crippen LogP contribution in [-0.4, -0.2) is 27.6 Å². The Morgan fingerprint density at radius 2 is 2.11 bits per heavy atom. The van der Waals surface area contributed by atoms with Gasteiger partial charge in [-0.1, -0.05) is 17.3 Å². The molecule has 0 saturated heterocycles. The monoisotopic (exact) mass is 384 g/mol. The second kappa shape index (κ2) is 7.98. The third-order valence-corrected chi connectivity index (χ3v) is 5.18. The van der Waals surface area contributed by atoms with Crippen molar-refractivity contribution in [2.45, 2.75) is 39.2 Å². The van der Waals surface area contributed by atoms with E-state index in [4.69, 9.17) is 9.26 Å². The van der Waals surface area contributed by atoms with Gasteiger partial charge in [0, 0.05) is 10.9 Å². The molecule has 140 valence electrons. The Bertz CT molecular complexity index is 950. The number of aryl methyl sites for hydroxylation is 3. The van der Waals surface area contributed by atoms with Crippen molar-refractivity contribution in [2.75, 3.05) is 11.9 Å². The Kier molecular flexibility index (Phi) is 5.26. The lowest BCUT2D eigenvalue weighted by Crippen LogP contribution is -2.18. The molecule has 0 bridgehead atoms. The quantitative estimate of drug-likeness (QED) is 0.699. The molecule has 7 nitrogen and oxygen atoms in total. The molecule has 2 heterocycles. The van der Waals surface area contributed by atoms with Crippen molar-refractivity contribution in [3.05, 3.63) is 46.4 Å². The Balaban J connectivity index is 1.33. The molecule has 0 radical (unpaired) electrons. The number of hydrogen-bond acceptors (Lipinski definition) is 7. The molecule has 1 amide bonds. The van der Waals surface area contributed by atoms with Gasteiger partial charge in [0.05, 0.1) is 5.69 Å². The van der Waals surface area contributed by atoms with Gasteiger partial charge in [0.1, 0.15) is 13.2 Å². The lowest BCUT2D eigenvalue weighted by atomic mass is 9.90. The predicted molar refractivity (Wildman–Crippen MR) is 102 cm³/mol. The van der Waals surface area contributed by atoms with Crippen LogP contribution in [0.5, 0.6) is 0 Å². The zero-order chi connectivity index (χ0) is 18.6. The van der Waals surface area contributed by atoms with E-state index < -0.39 is 0 Å². The summed E-state index contributed by atoms with van der Waals surface area (Å²) in [6.45, 7) is 1.73. The van der Waals surface area contributed by atoms with Crippen LogP contribution in [-0.2, 0) is 29.0 Å². The Morgan fingerprint density at radius 3 is 2.93 bits per heavy atom. The Labute approximate surface area is 160 Å². The first-order valence-corrected chi connectivity index (χ1v) is 9.80. The molecule has 1 aliphatic rings. The summed E-state index contributed by atoms with van der Waals surface area (Å²) in [6, 6.07) is 6.54. The van der Waals surface area contributed by atoms with Crippen LogP contribution in [0.4, 0.5) is 5.13 Å². The number of benzene rings is 1. The summed E-state index contributed by atoms with van der Waals surface area (Å²) in [5.74, 6) is 0.623. The van der Waals surface area contributed by atoms with Crippen LogP contribution in [0.1, 0.15) is 35.7 Å². The molecule has 4 rings (SSSR count). The first-order valence-electron chi connectivity index (χ1n) is 8.92. The SMILES string of the molecule is Cc1noc(COCC(=O)Nc2nc(-c3ccc4c(c3)CCCC4)cs2)n1. The average Bonchev–Trinajstić information content (AvgIpc) is 3.30. The van der Waals surface area contributed by atoms with Gasteiger partial charge in [-0.25, -0.2) is 4.98 Å². The van der Waals surface area contributed by atoms with Gasteiger partial charge in [0.2, 0.25) is 0 Å². The third kappa shape index (κ3) is 4.40. The standard InChI is InChI=1S/C19H20N4O3S/c1-12-20-18(26-23-12)10-25-9-17(24)22-19-21-16(11-27-19)15-7-6-13-4-2-3-5-14(13)8-15/h6-8,11H,2-5,9-10H2,1H3,(H,21,22,24). The highest BCUT2D eigenvalue weighted by Gasteiger charge is 2.13. The molecule has 1 N–H and O–H groups in total. The first-order chi connectivity index (χ1) is 13.2. The van der Waals surface area contributed by atoms with E-state index in [0.29, 0.717) is 16.8 Å². The summed E-state index contributed by atoms with van der Waals surface area (Å²) in [7, 11) is 0. The van der Waals surface area contributed by atoms with E-state index in [1.165, 1.54) is 35.3 Å². The van der Waals surface area contributed by atoms with E-state index in [9.17, 15) is 4.79 Å². The van der Waals surface area contributed by atoms with Crippen LogP contribution in [0, 0.1) is 6.92 Å². The molecular formula is C19H20N4O3S. The molecule has 3 aromatic rings. The van der Waals surface area contributed by atoms with Gasteiger partial charge in [-0.05, 0) is 49.8 Å². The largest absolute Gasteiger partial charge is 0.362 e. The number of anilines is 1. The average molecular weight is 384 g/mol. The number of thiazole rings is 1. The van der Waals surface area contributed by atoms with Crippen LogP contribution in [0.2, 0.25) is 0 Å². The fraction of sp³-hybridized carbons (Fsp3) is 0.368. The molecule has 0 spiro atoms. The van der Waals surface area contributed by atoms with Crippen molar-refractivity contribution in [1.29, 1.82) is 0 Å². The second-order valence-electron chi connectivity index (χ2n) is 6.50. The van der Waals surface area contributed by atoms with E-state index in [1.54, 1.807) is 6.92 Å². The van der Waals surface area contributed by atoms with Crippen molar-refractivity contribution < 1.29 is 14.1 Å². The number of carbonyl (C=O) groups excluding carboxylic acids is 1. The predicted octanol–water partition coefficient (Wildman–Crippen LogP) is 3.54. The van der Waals surface area contributed by atoms with Gasteiger partial charge in [0.15, 0.2) is 11.0 Å². The molecule has 1 aromatic carbocycles. The molecule has 27 heavy (non-hydrogen) atoms. The lowest BCUT2D eigenvalue weighted by Gasteiger charge is -2.16. The fourth-order valence-electron chi connectivity index (χ4n) is 3.14. The van der Waals surface area contributed by atoms with Crippen molar-refractivity contribution in [3.8, 4) is 11.3 Å². The number of nitrogens with one attached hydrogen (secondary N) is 1.